The van der Waals surface area contributed by atoms with Gasteiger partial charge in [-0.1, -0.05) is 91.0 Å². The average Bonchev–Trinajstić information content (AvgIpc) is 2.85. The summed E-state index contributed by atoms with van der Waals surface area (Å²) in [4.78, 5) is 30.1. The van der Waals surface area contributed by atoms with Crippen molar-refractivity contribution in [1.82, 2.24) is 9.80 Å². The van der Waals surface area contributed by atoms with E-state index in [2.05, 4.69) is 24.3 Å². The van der Waals surface area contributed by atoms with Gasteiger partial charge in [0.05, 0.1) is 6.42 Å². The van der Waals surface area contributed by atoms with Crippen LogP contribution in [0.1, 0.15) is 29.5 Å². The Morgan fingerprint density at radius 1 is 0.688 bits per heavy atom. The van der Waals surface area contributed by atoms with E-state index in [4.69, 9.17) is 0 Å². The van der Waals surface area contributed by atoms with Gasteiger partial charge < -0.3 is 9.80 Å². The van der Waals surface area contributed by atoms with Crippen molar-refractivity contribution < 1.29 is 9.59 Å². The first-order valence-corrected chi connectivity index (χ1v) is 11.4. The molecule has 4 nitrogen and oxygen atoms in total. The molecule has 0 atom stereocenters. The lowest BCUT2D eigenvalue weighted by Crippen LogP contribution is -2.44. The van der Waals surface area contributed by atoms with Crippen LogP contribution >= 0.6 is 0 Å². The molecular weight excluding hydrogens is 396 g/mol. The highest BCUT2D eigenvalue weighted by Gasteiger charge is 2.30. The van der Waals surface area contributed by atoms with Gasteiger partial charge >= 0.3 is 0 Å². The average molecular weight is 427 g/mol. The van der Waals surface area contributed by atoms with Crippen LogP contribution in [0.4, 0.5) is 0 Å². The van der Waals surface area contributed by atoms with Crippen molar-refractivity contribution in [3.63, 3.8) is 0 Å². The summed E-state index contributed by atoms with van der Waals surface area (Å²) < 4.78 is 0. The van der Waals surface area contributed by atoms with Gasteiger partial charge in [0, 0.05) is 32.1 Å². The fourth-order valence-corrected chi connectivity index (χ4v) is 4.34. The van der Waals surface area contributed by atoms with Crippen molar-refractivity contribution in [3.05, 3.63) is 108 Å². The lowest BCUT2D eigenvalue weighted by Gasteiger charge is -2.34. The Bertz CT molecular complexity index is 956. The summed E-state index contributed by atoms with van der Waals surface area (Å²) in [5, 5.41) is 0. The molecule has 1 heterocycles. The molecule has 1 aliphatic heterocycles. The minimum Gasteiger partial charge on any atom is -0.342 e. The third-order valence-electron chi connectivity index (χ3n) is 6.14. The minimum atomic E-state index is -0.0387. The van der Waals surface area contributed by atoms with E-state index in [9.17, 15) is 9.59 Å². The van der Waals surface area contributed by atoms with E-state index in [0.717, 1.165) is 29.5 Å². The molecule has 32 heavy (non-hydrogen) atoms. The van der Waals surface area contributed by atoms with Gasteiger partial charge in [-0.05, 0) is 29.5 Å². The first kappa shape index (κ1) is 21.8. The van der Waals surface area contributed by atoms with Crippen molar-refractivity contribution in [2.45, 2.75) is 32.4 Å². The van der Waals surface area contributed by atoms with Crippen LogP contribution in [0.3, 0.4) is 0 Å². The van der Waals surface area contributed by atoms with Crippen LogP contribution in [0, 0.1) is 5.92 Å². The standard InChI is InChI=1S/C28H30N2O2/c31-27(20-23-10-4-1-5-11-23)29-18-16-26(17-19-29)28(32)30(21-24-12-6-2-7-13-24)22-25-14-8-3-9-15-25/h1-15,26H,16-22H2. The van der Waals surface area contributed by atoms with E-state index in [-0.39, 0.29) is 17.7 Å². The third-order valence-corrected chi connectivity index (χ3v) is 6.14. The lowest BCUT2D eigenvalue weighted by atomic mass is 9.94. The number of rotatable bonds is 7. The zero-order chi connectivity index (χ0) is 22.2. The highest BCUT2D eigenvalue weighted by molar-refractivity contribution is 5.81. The largest absolute Gasteiger partial charge is 0.342 e. The number of likely N-dealkylation sites (tertiary alicyclic amines) is 1. The van der Waals surface area contributed by atoms with Crippen LogP contribution in [0.15, 0.2) is 91.0 Å². The Kier molecular flexibility index (Phi) is 7.34. The molecular formula is C28H30N2O2. The molecule has 0 radical (unpaired) electrons. The fourth-order valence-electron chi connectivity index (χ4n) is 4.34. The van der Waals surface area contributed by atoms with E-state index >= 15 is 0 Å². The maximum atomic E-state index is 13.5. The summed E-state index contributed by atoms with van der Waals surface area (Å²) in [6.07, 6.45) is 1.87. The molecule has 0 aromatic heterocycles. The third kappa shape index (κ3) is 5.85. The van der Waals surface area contributed by atoms with Gasteiger partial charge in [0.1, 0.15) is 0 Å². The maximum Gasteiger partial charge on any atom is 0.226 e. The lowest BCUT2D eigenvalue weighted by molar-refractivity contribution is -0.141. The number of nitrogens with zero attached hydrogens (tertiary/aromatic N) is 2. The molecule has 3 aromatic rings. The van der Waals surface area contributed by atoms with Crippen LogP contribution in [0.25, 0.3) is 0 Å². The number of amides is 2. The molecule has 4 heteroatoms. The Balaban J connectivity index is 1.38. The van der Waals surface area contributed by atoms with Crippen LogP contribution in [-0.2, 0) is 29.1 Å². The summed E-state index contributed by atoms with van der Waals surface area (Å²) in [5.74, 6) is 0.295. The van der Waals surface area contributed by atoms with E-state index in [1.54, 1.807) is 0 Å². The summed E-state index contributed by atoms with van der Waals surface area (Å²) >= 11 is 0. The molecule has 1 saturated heterocycles. The number of hydrogen-bond donors (Lipinski definition) is 0. The van der Waals surface area contributed by atoms with Crippen LogP contribution in [-0.4, -0.2) is 34.7 Å². The summed E-state index contributed by atoms with van der Waals surface area (Å²) in [5.41, 5.74) is 3.30. The van der Waals surface area contributed by atoms with E-state index in [1.165, 1.54) is 0 Å². The summed E-state index contributed by atoms with van der Waals surface area (Å²) in [7, 11) is 0. The monoisotopic (exact) mass is 426 g/mol. The molecule has 3 aromatic carbocycles. The molecule has 0 saturated carbocycles. The first-order valence-electron chi connectivity index (χ1n) is 11.4. The molecule has 1 fully saturated rings. The van der Waals surface area contributed by atoms with Gasteiger partial charge in [-0.3, -0.25) is 9.59 Å². The molecule has 1 aliphatic rings. The predicted molar refractivity (Wildman–Crippen MR) is 127 cm³/mol. The van der Waals surface area contributed by atoms with Crippen LogP contribution in [0.2, 0.25) is 0 Å². The zero-order valence-electron chi connectivity index (χ0n) is 18.4. The molecule has 0 N–H and O–H groups in total. The van der Waals surface area contributed by atoms with Gasteiger partial charge in [0.2, 0.25) is 11.8 Å². The summed E-state index contributed by atoms with van der Waals surface area (Å²) in [6.45, 7) is 2.49. The molecule has 4 rings (SSSR count). The first-order chi connectivity index (χ1) is 15.7. The Labute approximate surface area is 190 Å². The smallest absolute Gasteiger partial charge is 0.226 e. The SMILES string of the molecule is O=C(Cc1ccccc1)N1CCC(C(=O)N(Cc2ccccc2)Cc2ccccc2)CC1. The number of carbonyl (C=O) groups is 2. The van der Waals surface area contributed by atoms with Crippen molar-refractivity contribution in [2.75, 3.05) is 13.1 Å². The van der Waals surface area contributed by atoms with Crippen molar-refractivity contribution >= 4 is 11.8 Å². The minimum absolute atomic E-state index is 0.0387. The fraction of sp³-hybridized carbons (Fsp3) is 0.286. The van der Waals surface area contributed by atoms with E-state index < -0.39 is 0 Å². The van der Waals surface area contributed by atoms with Gasteiger partial charge in [-0.2, -0.15) is 0 Å². The second kappa shape index (κ2) is 10.8. The predicted octanol–water partition coefficient (Wildman–Crippen LogP) is 4.70. The Hall–Kier alpha value is -3.40. The number of piperidine rings is 1. The van der Waals surface area contributed by atoms with Crippen LogP contribution < -0.4 is 0 Å². The quantitative estimate of drug-likeness (QED) is 0.550. The van der Waals surface area contributed by atoms with Crippen LogP contribution in [0.5, 0.6) is 0 Å². The molecule has 164 valence electrons. The second-order valence-electron chi connectivity index (χ2n) is 8.48. The van der Waals surface area contributed by atoms with E-state index in [0.29, 0.717) is 32.6 Å². The van der Waals surface area contributed by atoms with Crippen molar-refractivity contribution in [3.8, 4) is 0 Å². The van der Waals surface area contributed by atoms with Gasteiger partial charge in [-0.25, -0.2) is 0 Å². The Morgan fingerprint density at radius 3 is 1.59 bits per heavy atom. The zero-order valence-corrected chi connectivity index (χ0v) is 18.4. The number of hydrogen-bond acceptors (Lipinski definition) is 2. The normalized spacial score (nSPS) is 14.2. The summed E-state index contributed by atoms with van der Waals surface area (Å²) in [6, 6.07) is 30.1. The molecule has 0 bridgehead atoms. The molecule has 0 aliphatic carbocycles. The number of carbonyl (C=O) groups excluding carboxylic acids is 2. The highest BCUT2D eigenvalue weighted by Crippen LogP contribution is 2.23. The van der Waals surface area contributed by atoms with E-state index in [1.807, 2.05) is 76.5 Å². The Morgan fingerprint density at radius 2 is 1.12 bits per heavy atom. The molecule has 2 amide bonds. The van der Waals surface area contributed by atoms with Gasteiger partial charge in [0.15, 0.2) is 0 Å². The second-order valence-corrected chi connectivity index (χ2v) is 8.48. The van der Waals surface area contributed by atoms with Crippen molar-refractivity contribution in [2.24, 2.45) is 5.92 Å². The molecule has 0 spiro atoms. The van der Waals surface area contributed by atoms with Crippen molar-refractivity contribution in [1.29, 1.82) is 0 Å². The highest BCUT2D eigenvalue weighted by atomic mass is 16.2. The van der Waals surface area contributed by atoms with Gasteiger partial charge in [-0.15, -0.1) is 0 Å². The topological polar surface area (TPSA) is 40.6 Å². The van der Waals surface area contributed by atoms with Gasteiger partial charge in [0.25, 0.3) is 0 Å². The maximum absolute atomic E-state index is 13.5. The molecule has 0 unspecified atom stereocenters. The number of benzene rings is 3.